The molecule has 0 aliphatic heterocycles. The lowest BCUT2D eigenvalue weighted by Crippen LogP contribution is -2.22. The molecule has 148 valence electrons. The molecule has 1 aromatic heterocycles. The van der Waals surface area contributed by atoms with Crippen LogP contribution in [0.3, 0.4) is 0 Å². The van der Waals surface area contributed by atoms with Crippen molar-refractivity contribution in [2.24, 2.45) is 0 Å². The van der Waals surface area contributed by atoms with E-state index in [1.807, 2.05) is 25.1 Å². The van der Waals surface area contributed by atoms with Crippen molar-refractivity contribution >= 4 is 11.9 Å². The Hall–Kier alpha value is -3.81. The molecule has 0 aliphatic rings. The van der Waals surface area contributed by atoms with Crippen molar-refractivity contribution in [3.63, 3.8) is 0 Å². The number of methoxy groups -OCH3 is 1. The highest BCUT2D eigenvalue weighted by molar-refractivity contribution is 5.95. The number of ether oxygens (including phenoxy) is 1. The fraction of sp³-hybridized carbons (Fsp3) is 0.190. The molecule has 0 aliphatic carbocycles. The van der Waals surface area contributed by atoms with E-state index in [0.29, 0.717) is 35.6 Å². The Bertz CT molecular complexity index is 1020. The fourth-order valence-corrected chi connectivity index (χ4v) is 2.60. The van der Waals surface area contributed by atoms with Gasteiger partial charge in [0.1, 0.15) is 0 Å². The Morgan fingerprint density at radius 3 is 2.66 bits per heavy atom. The highest BCUT2D eigenvalue weighted by Crippen LogP contribution is 2.16. The summed E-state index contributed by atoms with van der Waals surface area (Å²) in [6.45, 7) is 2.80. The van der Waals surface area contributed by atoms with Gasteiger partial charge in [-0.15, -0.1) is 10.2 Å². The van der Waals surface area contributed by atoms with Crippen molar-refractivity contribution in [1.82, 2.24) is 25.5 Å². The maximum atomic E-state index is 12.5. The monoisotopic (exact) mass is 391 g/mol. The molecule has 0 fully saturated rings. The van der Waals surface area contributed by atoms with Gasteiger partial charge < -0.3 is 10.1 Å². The van der Waals surface area contributed by atoms with Crippen molar-refractivity contribution in [3.05, 3.63) is 77.4 Å². The number of carbonyl (C=O) groups is 2. The normalized spacial score (nSPS) is 10.8. The minimum Gasteiger partial charge on any atom is -0.465 e. The highest BCUT2D eigenvalue weighted by atomic mass is 16.5. The topological polar surface area (TPSA) is 99.0 Å². The molecule has 8 heteroatoms. The van der Waals surface area contributed by atoms with Gasteiger partial charge in [-0.3, -0.25) is 4.79 Å². The molecule has 1 amide bonds. The molecule has 3 aromatic rings. The minimum absolute atomic E-state index is 0.217. The summed E-state index contributed by atoms with van der Waals surface area (Å²) in [4.78, 5) is 25.5. The molecule has 0 bridgehead atoms. The summed E-state index contributed by atoms with van der Waals surface area (Å²) in [6.07, 6.45) is 3.84. The lowest BCUT2D eigenvalue weighted by atomic mass is 10.1. The maximum absolute atomic E-state index is 12.5. The molecular formula is C21H21N5O3. The van der Waals surface area contributed by atoms with E-state index >= 15 is 0 Å². The predicted molar refractivity (Wildman–Crippen MR) is 107 cm³/mol. The summed E-state index contributed by atoms with van der Waals surface area (Å²) in [5.41, 5.74) is 2.55. The molecule has 0 unspecified atom stereocenters. The average molecular weight is 391 g/mol. The Labute approximate surface area is 168 Å². The van der Waals surface area contributed by atoms with E-state index in [1.165, 1.54) is 11.9 Å². The summed E-state index contributed by atoms with van der Waals surface area (Å²) in [5.74, 6) is -0.151. The smallest absolute Gasteiger partial charge is 0.337 e. The highest BCUT2D eigenvalue weighted by Gasteiger charge is 2.11. The van der Waals surface area contributed by atoms with Gasteiger partial charge in [-0.1, -0.05) is 36.4 Å². The van der Waals surface area contributed by atoms with E-state index in [2.05, 4.69) is 25.5 Å². The number of rotatable bonds is 7. The van der Waals surface area contributed by atoms with Crippen molar-refractivity contribution in [2.75, 3.05) is 7.11 Å². The van der Waals surface area contributed by atoms with E-state index in [0.717, 1.165) is 5.56 Å². The van der Waals surface area contributed by atoms with Crippen LogP contribution in [0, 0.1) is 0 Å². The van der Waals surface area contributed by atoms with E-state index in [-0.39, 0.29) is 5.91 Å². The lowest BCUT2D eigenvalue weighted by Gasteiger charge is -2.07. The van der Waals surface area contributed by atoms with Crippen molar-refractivity contribution in [2.45, 2.75) is 20.0 Å². The Balaban J connectivity index is 1.65. The summed E-state index contributed by atoms with van der Waals surface area (Å²) in [7, 11) is 1.34. The number of hydrogen-bond donors (Lipinski definition) is 1. The number of nitrogens with zero attached hydrogens (tertiary/aromatic N) is 4. The third-order valence-corrected chi connectivity index (χ3v) is 4.17. The number of tetrazole rings is 1. The number of esters is 1. The zero-order valence-corrected chi connectivity index (χ0v) is 16.2. The number of carbonyl (C=O) groups excluding carboxylic acids is 2. The largest absolute Gasteiger partial charge is 0.465 e. The van der Waals surface area contributed by atoms with Crippen LogP contribution in [0.25, 0.3) is 11.4 Å². The van der Waals surface area contributed by atoms with Crippen LogP contribution in [0.4, 0.5) is 0 Å². The van der Waals surface area contributed by atoms with Crippen LogP contribution in [-0.2, 0) is 17.8 Å². The zero-order valence-electron chi connectivity index (χ0n) is 16.2. The van der Waals surface area contributed by atoms with Gasteiger partial charge in [-0.25, -0.2) is 4.79 Å². The first-order chi connectivity index (χ1) is 14.1. The fourth-order valence-electron chi connectivity index (χ4n) is 2.60. The van der Waals surface area contributed by atoms with Gasteiger partial charge in [-0.05, 0) is 42.0 Å². The molecular weight excluding hydrogens is 370 g/mol. The number of benzene rings is 2. The number of hydrogen-bond acceptors (Lipinski definition) is 6. The molecule has 0 saturated carbocycles. The van der Waals surface area contributed by atoms with Gasteiger partial charge in [0.2, 0.25) is 5.82 Å². The second-order valence-electron chi connectivity index (χ2n) is 6.19. The van der Waals surface area contributed by atoms with Crippen LogP contribution < -0.4 is 5.32 Å². The summed E-state index contributed by atoms with van der Waals surface area (Å²) in [6, 6.07) is 13.9. The van der Waals surface area contributed by atoms with Gasteiger partial charge in [-0.2, -0.15) is 4.80 Å². The third kappa shape index (κ3) is 5.13. The predicted octanol–water partition coefficient (Wildman–Crippen LogP) is 2.63. The maximum Gasteiger partial charge on any atom is 0.337 e. The first-order valence-corrected chi connectivity index (χ1v) is 9.05. The molecule has 3 rings (SSSR count). The van der Waals surface area contributed by atoms with Gasteiger partial charge >= 0.3 is 5.97 Å². The molecule has 29 heavy (non-hydrogen) atoms. The number of allylic oxidation sites excluding steroid dienone is 2. The molecule has 1 N–H and O–H groups in total. The second-order valence-corrected chi connectivity index (χ2v) is 6.19. The first-order valence-electron chi connectivity index (χ1n) is 9.05. The van der Waals surface area contributed by atoms with E-state index in [9.17, 15) is 9.59 Å². The van der Waals surface area contributed by atoms with Crippen molar-refractivity contribution < 1.29 is 14.3 Å². The molecule has 0 atom stereocenters. The molecule has 0 radical (unpaired) electrons. The first kappa shape index (κ1) is 19.9. The van der Waals surface area contributed by atoms with Crippen LogP contribution in [0.5, 0.6) is 0 Å². The molecule has 0 saturated heterocycles. The van der Waals surface area contributed by atoms with Gasteiger partial charge in [0, 0.05) is 17.7 Å². The number of amides is 1. The van der Waals surface area contributed by atoms with Crippen LogP contribution in [0.1, 0.15) is 33.2 Å². The van der Waals surface area contributed by atoms with Crippen LogP contribution in [0.2, 0.25) is 0 Å². The Morgan fingerprint density at radius 1 is 1.14 bits per heavy atom. The molecule has 0 spiro atoms. The summed E-state index contributed by atoms with van der Waals surface area (Å²) >= 11 is 0. The standard InChI is InChI=1S/C21H21N5O3/c1-3-4-12-26-24-19(23-25-26)17-6-5-7-18(13-17)20(27)22-14-15-8-10-16(11-9-15)21(28)29-2/h3-11,13H,12,14H2,1-2H3,(H,22,27). The third-order valence-electron chi connectivity index (χ3n) is 4.17. The van der Waals surface area contributed by atoms with Crippen LogP contribution in [-0.4, -0.2) is 39.2 Å². The van der Waals surface area contributed by atoms with E-state index < -0.39 is 5.97 Å². The molecule has 8 nitrogen and oxygen atoms in total. The quantitative estimate of drug-likeness (QED) is 0.491. The zero-order chi connectivity index (χ0) is 20.6. The number of nitrogens with one attached hydrogen (secondary N) is 1. The average Bonchev–Trinajstić information content (AvgIpc) is 3.25. The van der Waals surface area contributed by atoms with Crippen molar-refractivity contribution in [3.8, 4) is 11.4 Å². The Kier molecular flexibility index (Phi) is 6.47. The minimum atomic E-state index is -0.395. The number of aromatic nitrogens is 4. The van der Waals surface area contributed by atoms with Gasteiger partial charge in [0.15, 0.2) is 0 Å². The lowest BCUT2D eigenvalue weighted by molar-refractivity contribution is 0.0600. The van der Waals surface area contributed by atoms with E-state index in [1.54, 1.807) is 42.5 Å². The summed E-state index contributed by atoms with van der Waals surface area (Å²) in [5, 5.41) is 15.2. The van der Waals surface area contributed by atoms with Gasteiger partial charge in [0.05, 0.1) is 19.2 Å². The van der Waals surface area contributed by atoms with Gasteiger partial charge in [0.25, 0.3) is 5.91 Å². The molecule has 2 aromatic carbocycles. The van der Waals surface area contributed by atoms with E-state index in [4.69, 9.17) is 0 Å². The second kappa shape index (κ2) is 9.41. The van der Waals surface area contributed by atoms with Crippen LogP contribution in [0.15, 0.2) is 60.7 Å². The van der Waals surface area contributed by atoms with Crippen molar-refractivity contribution in [1.29, 1.82) is 0 Å². The SMILES string of the molecule is CC=CCn1nnc(-c2cccc(C(=O)NCc3ccc(C(=O)OC)cc3)c2)n1. The van der Waals surface area contributed by atoms with Crippen LogP contribution >= 0.6 is 0 Å². The summed E-state index contributed by atoms with van der Waals surface area (Å²) < 4.78 is 4.67. The molecule has 1 heterocycles. The Morgan fingerprint density at radius 2 is 1.93 bits per heavy atom.